The number of rotatable bonds is 4. The molecule has 0 saturated carbocycles. The van der Waals surface area contributed by atoms with Crippen LogP contribution in [0, 0.1) is 0 Å². The van der Waals surface area contributed by atoms with Crippen molar-refractivity contribution < 1.29 is 22.7 Å². The minimum Gasteiger partial charge on any atom is -0.462 e. The fraction of sp³-hybridized carbons (Fsp3) is 0.400. The number of hydrogen-bond donors (Lipinski definition) is 0. The molecule has 1 aromatic heterocycles. The Balaban J connectivity index is 2.27. The molecular weight excluding hydrogens is 223 g/mol. The Morgan fingerprint density at radius 2 is 2.19 bits per heavy atom. The summed E-state index contributed by atoms with van der Waals surface area (Å²) in [5, 5.41) is 0. The summed E-state index contributed by atoms with van der Waals surface area (Å²) >= 11 is 0. The number of carbonyl (C=O) groups excluding carboxylic acids is 1. The number of ether oxygens (including phenoxy) is 1. The first kappa shape index (κ1) is 12.5. The summed E-state index contributed by atoms with van der Waals surface area (Å²) in [6, 6.07) is 3.03. The van der Waals surface area contributed by atoms with E-state index >= 15 is 0 Å². The summed E-state index contributed by atoms with van der Waals surface area (Å²) < 4.78 is 39.9. The Kier molecular flexibility index (Phi) is 4.28. The van der Waals surface area contributed by atoms with E-state index in [2.05, 4.69) is 9.72 Å². The molecule has 0 saturated heterocycles. The van der Waals surface area contributed by atoms with Gasteiger partial charge in [0.05, 0.1) is 12.2 Å². The van der Waals surface area contributed by atoms with E-state index in [1.165, 1.54) is 18.5 Å². The van der Waals surface area contributed by atoms with Crippen LogP contribution in [0.25, 0.3) is 0 Å². The van der Waals surface area contributed by atoms with Crippen molar-refractivity contribution in [2.45, 2.75) is 19.0 Å². The van der Waals surface area contributed by atoms with Gasteiger partial charge in [-0.05, 0) is 18.6 Å². The molecule has 0 amide bonds. The van der Waals surface area contributed by atoms with Crippen molar-refractivity contribution >= 4 is 5.97 Å². The van der Waals surface area contributed by atoms with Gasteiger partial charge in [-0.2, -0.15) is 13.2 Å². The van der Waals surface area contributed by atoms with Crippen molar-refractivity contribution in [1.82, 2.24) is 4.98 Å². The molecule has 0 aliphatic heterocycles. The van der Waals surface area contributed by atoms with E-state index in [1.807, 2.05) is 0 Å². The number of aromatic nitrogens is 1. The van der Waals surface area contributed by atoms with Crippen molar-refractivity contribution in [1.29, 1.82) is 0 Å². The maximum atomic E-state index is 11.8. The van der Waals surface area contributed by atoms with Crippen molar-refractivity contribution in [2.24, 2.45) is 0 Å². The summed E-state index contributed by atoms with van der Waals surface area (Å²) in [7, 11) is 0. The minimum atomic E-state index is -4.21. The number of carbonyl (C=O) groups is 1. The summed E-state index contributed by atoms with van der Waals surface area (Å²) in [5.41, 5.74) is 0.231. The molecule has 0 spiro atoms. The molecule has 88 valence electrons. The van der Waals surface area contributed by atoms with E-state index in [1.54, 1.807) is 6.07 Å². The number of nitrogens with zero attached hydrogens (tertiary/aromatic N) is 1. The Labute approximate surface area is 90.2 Å². The molecule has 3 nitrogen and oxygen atoms in total. The number of esters is 1. The van der Waals surface area contributed by atoms with E-state index in [0.717, 1.165) is 0 Å². The second-order valence-electron chi connectivity index (χ2n) is 3.10. The number of pyridine rings is 1. The molecule has 0 aliphatic rings. The highest BCUT2D eigenvalue weighted by molar-refractivity contribution is 5.88. The van der Waals surface area contributed by atoms with E-state index in [4.69, 9.17) is 0 Å². The van der Waals surface area contributed by atoms with Gasteiger partial charge >= 0.3 is 12.1 Å². The van der Waals surface area contributed by atoms with Crippen LogP contribution in [0.15, 0.2) is 24.5 Å². The zero-order valence-electron chi connectivity index (χ0n) is 8.33. The molecule has 0 aromatic carbocycles. The van der Waals surface area contributed by atoms with Crippen LogP contribution in [0.2, 0.25) is 0 Å². The van der Waals surface area contributed by atoms with Crippen molar-refractivity contribution in [3.63, 3.8) is 0 Å². The fourth-order valence-electron chi connectivity index (χ4n) is 1.00. The molecule has 0 N–H and O–H groups in total. The van der Waals surface area contributed by atoms with Gasteiger partial charge in [-0.15, -0.1) is 0 Å². The molecule has 0 atom stereocenters. The average Bonchev–Trinajstić information content (AvgIpc) is 2.24. The molecule has 1 heterocycles. The molecule has 0 radical (unpaired) electrons. The second-order valence-corrected chi connectivity index (χ2v) is 3.10. The lowest BCUT2D eigenvalue weighted by Gasteiger charge is -2.06. The van der Waals surface area contributed by atoms with Gasteiger partial charge in [0.25, 0.3) is 0 Å². The monoisotopic (exact) mass is 233 g/mol. The molecule has 6 heteroatoms. The predicted octanol–water partition coefficient (Wildman–Crippen LogP) is 2.58. The Bertz CT molecular complexity index is 338. The maximum Gasteiger partial charge on any atom is 0.389 e. The van der Waals surface area contributed by atoms with Gasteiger partial charge in [-0.25, -0.2) is 4.79 Å². The van der Waals surface area contributed by atoms with Crippen molar-refractivity contribution in [2.75, 3.05) is 6.61 Å². The average molecular weight is 233 g/mol. The van der Waals surface area contributed by atoms with Gasteiger partial charge in [-0.1, -0.05) is 0 Å². The van der Waals surface area contributed by atoms with Gasteiger partial charge in [0.15, 0.2) is 0 Å². The standard InChI is InChI=1S/C10H10F3NO2/c11-10(12,13)4-2-6-16-9(15)8-3-1-5-14-7-8/h1,3,5,7H,2,4,6H2. The molecule has 1 rings (SSSR count). The largest absolute Gasteiger partial charge is 0.462 e. The normalized spacial score (nSPS) is 11.2. The summed E-state index contributed by atoms with van der Waals surface area (Å²) in [5.74, 6) is -0.657. The Morgan fingerprint density at radius 1 is 1.44 bits per heavy atom. The molecule has 1 aromatic rings. The van der Waals surface area contributed by atoms with Gasteiger partial charge in [0, 0.05) is 18.8 Å². The Hall–Kier alpha value is -1.59. The zero-order valence-corrected chi connectivity index (χ0v) is 8.33. The van der Waals surface area contributed by atoms with E-state index in [0.29, 0.717) is 0 Å². The lowest BCUT2D eigenvalue weighted by Crippen LogP contribution is -2.11. The quantitative estimate of drug-likeness (QED) is 0.592. The lowest BCUT2D eigenvalue weighted by molar-refractivity contribution is -0.137. The van der Waals surface area contributed by atoms with Crippen LogP contribution in [0.5, 0.6) is 0 Å². The van der Waals surface area contributed by atoms with Gasteiger partial charge in [0.2, 0.25) is 0 Å². The van der Waals surface area contributed by atoms with Crippen LogP contribution in [0.1, 0.15) is 23.2 Å². The fourth-order valence-corrected chi connectivity index (χ4v) is 1.00. The first-order valence-electron chi connectivity index (χ1n) is 4.63. The zero-order chi connectivity index (χ0) is 12.0. The number of alkyl halides is 3. The lowest BCUT2D eigenvalue weighted by atomic mass is 10.3. The minimum absolute atomic E-state index is 0.227. The van der Waals surface area contributed by atoms with Crippen molar-refractivity contribution in [3.05, 3.63) is 30.1 Å². The first-order chi connectivity index (χ1) is 7.49. The van der Waals surface area contributed by atoms with Gasteiger partial charge in [-0.3, -0.25) is 4.98 Å². The third kappa shape index (κ3) is 4.77. The highest BCUT2D eigenvalue weighted by Crippen LogP contribution is 2.21. The summed E-state index contributed by atoms with van der Waals surface area (Å²) in [4.78, 5) is 14.9. The highest BCUT2D eigenvalue weighted by atomic mass is 19.4. The van der Waals surface area contributed by atoms with Gasteiger partial charge in [0.1, 0.15) is 0 Å². The molecule has 0 bridgehead atoms. The van der Waals surface area contributed by atoms with Crippen molar-refractivity contribution in [3.8, 4) is 0 Å². The topological polar surface area (TPSA) is 39.2 Å². The number of halogens is 3. The van der Waals surface area contributed by atoms with Crippen LogP contribution in [0.4, 0.5) is 13.2 Å². The molecule has 0 aliphatic carbocycles. The van der Waals surface area contributed by atoms with E-state index in [9.17, 15) is 18.0 Å². The van der Waals surface area contributed by atoms with E-state index < -0.39 is 18.6 Å². The number of hydrogen-bond acceptors (Lipinski definition) is 3. The van der Waals surface area contributed by atoms with Crippen LogP contribution < -0.4 is 0 Å². The van der Waals surface area contributed by atoms with Crippen LogP contribution >= 0.6 is 0 Å². The SMILES string of the molecule is O=C(OCCCC(F)(F)F)c1cccnc1. The summed E-state index contributed by atoms with van der Waals surface area (Å²) in [6.07, 6.45) is -2.60. The first-order valence-corrected chi connectivity index (χ1v) is 4.63. The van der Waals surface area contributed by atoms with Crippen LogP contribution in [-0.2, 0) is 4.74 Å². The van der Waals surface area contributed by atoms with Crippen LogP contribution in [-0.4, -0.2) is 23.7 Å². The van der Waals surface area contributed by atoms with Crippen LogP contribution in [0.3, 0.4) is 0 Å². The molecule has 0 fully saturated rings. The predicted molar refractivity (Wildman–Crippen MR) is 49.8 cm³/mol. The molecule has 16 heavy (non-hydrogen) atoms. The molecule has 0 unspecified atom stereocenters. The highest BCUT2D eigenvalue weighted by Gasteiger charge is 2.26. The Morgan fingerprint density at radius 3 is 2.75 bits per heavy atom. The van der Waals surface area contributed by atoms with E-state index in [-0.39, 0.29) is 18.6 Å². The van der Waals surface area contributed by atoms with Gasteiger partial charge < -0.3 is 4.74 Å². The summed E-state index contributed by atoms with van der Waals surface area (Å²) in [6.45, 7) is -0.243. The maximum absolute atomic E-state index is 11.8. The third-order valence-corrected chi connectivity index (χ3v) is 1.73. The smallest absolute Gasteiger partial charge is 0.389 e. The molecular formula is C10H10F3NO2. The third-order valence-electron chi connectivity index (χ3n) is 1.73. The second kappa shape index (κ2) is 5.48.